The summed E-state index contributed by atoms with van der Waals surface area (Å²) in [7, 11) is 0. The number of amides is 1. The molecule has 1 aromatic heterocycles. The third kappa shape index (κ3) is 3.89. The fourth-order valence-corrected chi connectivity index (χ4v) is 4.96. The molecule has 0 bridgehead atoms. The summed E-state index contributed by atoms with van der Waals surface area (Å²) in [5, 5.41) is 8.98. The summed E-state index contributed by atoms with van der Waals surface area (Å²) >= 11 is 1.89. The Morgan fingerprint density at radius 1 is 1.52 bits per heavy atom. The van der Waals surface area contributed by atoms with Crippen molar-refractivity contribution < 1.29 is 9.53 Å². The van der Waals surface area contributed by atoms with E-state index in [1.807, 2.05) is 32.1 Å². The number of hydrogen-bond acceptors (Lipinski definition) is 4. The second-order valence-corrected chi connectivity index (χ2v) is 8.86. The van der Waals surface area contributed by atoms with E-state index in [0.717, 1.165) is 19.4 Å². The Morgan fingerprint density at radius 2 is 2.35 bits per heavy atom. The molecule has 1 spiro atoms. The van der Waals surface area contributed by atoms with E-state index in [1.165, 1.54) is 24.8 Å². The van der Waals surface area contributed by atoms with Gasteiger partial charge in [0.05, 0.1) is 0 Å². The zero-order valence-corrected chi connectivity index (χ0v) is 15.2. The maximum atomic E-state index is 11.9. The highest BCUT2D eigenvalue weighted by molar-refractivity contribution is 7.10. The topological polar surface area (TPSA) is 50.4 Å². The van der Waals surface area contributed by atoms with Crippen LogP contribution in [0.5, 0.6) is 0 Å². The molecule has 1 saturated carbocycles. The Morgan fingerprint density at radius 3 is 3.13 bits per heavy atom. The number of carbonyl (C=O) groups excluding carboxylic acids is 1. The molecular weight excluding hydrogens is 308 g/mol. The number of fused-ring (bicyclic) bond motifs is 2. The molecule has 4 nitrogen and oxygen atoms in total. The highest BCUT2D eigenvalue weighted by atomic mass is 32.1. The van der Waals surface area contributed by atoms with Crippen molar-refractivity contribution in [1.82, 2.24) is 10.6 Å². The second-order valence-electron chi connectivity index (χ2n) is 7.86. The van der Waals surface area contributed by atoms with E-state index in [4.69, 9.17) is 4.74 Å². The number of nitrogens with one attached hydrogen (secondary N) is 2. The van der Waals surface area contributed by atoms with Crippen LogP contribution in [0.25, 0.3) is 0 Å². The maximum Gasteiger partial charge on any atom is 0.407 e. The number of ether oxygens (including phenoxy) is 1. The van der Waals surface area contributed by atoms with E-state index in [0.29, 0.717) is 12.5 Å². The van der Waals surface area contributed by atoms with Gasteiger partial charge in [0, 0.05) is 23.5 Å². The van der Waals surface area contributed by atoms with Crippen LogP contribution < -0.4 is 10.6 Å². The third-order valence-corrected chi connectivity index (χ3v) is 5.84. The summed E-state index contributed by atoms with van der Waals surface area (Å²) in [6.07, 6.45) is 5.55. The minimum Gasteiger partial charge on any atom is -0.444 e. The third-order valence-electron chi connectivity index (χ3n) is 4.86. The van der Waals surface area contributed by atoms with Gasteiger partial charge in [-0.25, -0.2) is 4.79 Å². The minimum absolute atomic E-state index is 0.131. The average molecular weight is 337 g/mol. The van der Waals surface area contributed by atoms with Crippen LogP contribution in [-0.2, 0) is 16.7 Å². The predicted molar refractivity (Wildman–Crippen MR) is 93.9 cm³/mol. The number of rotatable bonds is 2. The van der Waals surface area contributed by atoms with Gasteiger partial charge in [-0.05, 0) is 69.4 Å². The largest absolute Gasteiger partial charge is 0.444 e. The molecule has 3 rings (SSSR count). The molecule has 2 N–H and O–H groups in total. The minimum atomic E-state index is -0.436. The van der Waals surface area contributed by atoms with Crippen LogP contribution in [-0.4, -0.2) is 24.8 Å². The number of alkyl carbamates (subject to hydrolysis) is 1. The molecular formula is C18H28N2O2S. The lowest BCUT2D eigenvalue weighted by atomic mass is 9.70. The standard InChI is InChI=1S/C18H28N2O2S/c1-17(2,3)22-16(21)19-12-13-5-4-8-18(11-13)14-7-10-23-15(14)6-9-20-18/h7,10,13,20H,4-6,8-9,11-12H2,1-3H3,(H,19,21). The van der Waals surface area contributed by atoms with Crippen molar-refractivity contribution >= 4 is 17.4 Å². The molecule has 128 valence electrons. The summed E-state index contributed by atoms with van der Waals surface area (Å²) in [4.78, 5) is 13.4. The summed E-state index contributed by atoms with van der Waals surface area (Å²) in [5.41, 5.74) is 1.20. The van der Waals surface area contributed by atoms with Crippen molar-refractivity contribution in [2.75, 3.05) is 13.1 Å². The first-order valence-electron chi connectivity index (χ1n) is 8.67. The second kappa shape index (κ2) is 6.44. The summed E-state index contributed by atoms with van der Waals surface area (Å²) in [6, 6.07) is 2.30. The van der Waals surface area contributed by atoms with Crippen molar-refractivity contribution in [3.05, 3.63) is 21.9 Å². The molecule has 1 amide bonds. The van der Waals surface area contributed by atoms with Gasteiger partial charge < -0.3 is 15.4 Å². The zero-order chi connectivity index (χ0) is 16.5. The van der Waals surface area contributed by atoms with Crippen molar-refractivity contribution in [2.24, 2.45) is 5.92 Å². The van der Waals surface area contributed by atoms with Crippen LogP contribution in [0.2, 0.25) is 0 Å². The Bertz CT molecular complexity index is 564. The summed E-state index contributed by atoms with van der Waals surface area (Å²) in [6.45, 7) is 7.46. The summed E-state index contributed by atoms with van der Waals surface area (Å²) < 4.78 is 5.35. The zero-order valence-electron chi connectivity index (χ0n) is 14.4. The first kappa shape index (κ1) is 16.8. The Hall–Kier alpha value is -1.07. The van der Waals surface area contributed by atoms with Gasteiger partial charge in [0.1, 0.15) is 5.60 Å². The van der Waals surface area contributed by atoms with Crippen LogP contribution in [0.3, 0.4) is 0 Å². The van der Waals surface area contributed by atoms with Gasteiger partial charge in [-0.3, -0.25) is 0 Å². The van der Waals surface area contributed by atoms with Crippen LogP contribution in [0.15, 0.2) is 11.4 Å². The van der Waals surface area contributed by atoms with Gasteiger partial charge in [-0.2, -0.15) is 0 Å². The summed E-state index contributed by atoms with van der Waals surface area (Å²) in [5.74, 6) is 0.509. The molecule has 0 saturated heterocycles. The monoisotopic (exact) mass is 336 g/mol. The molecule has 0 radical (unpaired) electrons. The van der Waals surface area contributed by atoms with Gasteiger partial charge in [0.15, 0.2) is 0 Å². The molecule has 5 heteroatoms. The van der Waals surface area contributed by atoms with Gasteiger partial charge in [-0.1, -0.05) is 6.42 Å². The predicted octanol–water partition coefficient (Wildman–Crippen LogP) is 3.80. The van der Waals surface area contributed by atoms with Crippen LogP contribution in [0, 0.1) is 5.92 Å². The molecule has 2 atom stereocenters. The van der Waals surface area contributed by atoms with Gasteiger partial charge in [-0.15, -0.1) is 11.3 Å². The molecule has 1 fully saturated rings. The van der Waals surface area contributed by atoms with Crippen molar-refractivity contribution in [3.63, 3.8) is 0 Å². The van der Waals surface area contributed by atoms with Gasteiger partial charge in [0.2, 0.25) is 0 Å². The van der Waals surface area contributed by atoms with Crippen LogP contribution in [0.1, 0.15) is 56.9 Å². The first-order chi connectivity index (χ1) is 10.9. The SMILES string of the molecule is CC(C)(C)OC(=O)NCC1CCCC2(C1)NCCc1sccc12. The van der Waals surface area contributed by atoms with Crippen LogP contribution >= 0.6 is 11.3 Å². The molecule has 2 heterocycles. The molecule has 2 unspecified atom stereocenters. The van der Waals surface area contributed by atoms with Crippen molar-refractivity contribution in [2.45, 2.75) is 64.0 Å². The van der Waals surface area contributed by atoms with Crippen LogP contribution in [0.4, 0.5) is 4.79 Å². The molecule has 1 aromatic rings. The Balaban J connectivity index is 1.61. The molecule has 1 aliphatic carbocycles. The van der Waals surface area contributed by atoms with E-state index < -0.39 is 5.60 Å². The lowest BCUT2D eigenvalue weighted by molar-refractivity contribution is 0.0505. The van der Waals surface area contributed by atoms with Gasteiger partial charge >= 0.3 is 6.09 Å². The number of carbonyl (C=O) groups is 1. The fourth-order valence-electron chi connectivity index (χ4n) is 3.98. The number of thiophene rings is 1. The van der Waals surface area contributed by atoms with Crippen molar-refractivity contribution in [1.29, 1.82) is 0 Å². The van der Waals surface area contributed by atoms with Crippen molar-refractivity contribution in [3.8, 4) is 0 Å². The molecule has 1 aliphatic heterocycles. The quantitative estimate of drug-likeness (QED) is 0.863. The fraction of sp³-hybridized carbons (Fsp3) is 0.722. The smallest absolute Gasteiger partial charge is 0.407 e. The Labute approximate surface area is 143 Å². The van der Waals surface area contributed by atoms with E-state index in [1.54, 1.807) is 4.88 Å². The lowest BCUT2D eigenvalue weighted by Gasteiger charge is -2.44. The number of hydrogen-bond donors (Lipinski definition) is 2. The van der Waals surface area contributed by atoms with E-state index in [-0.39, 0.29) is 11.6 Å². The van der Waals surface area contributed by atoms with E-state index in [9.17, 15) is 4.79 Å². The van der Waals surface area contributed by atoms with Gasteiger partial charge in [0.25, 0.3) is 0 Å². The first-order valence-corrected chi connectivity index (χ1v) is 9.55. The van der Waals surface area contributed by atoms with E-state index in [2.05, 4.69) is 22.1 Å². The normalized spacial score (nSPS) is 27.5. The Kier molecular flexibility index (Phi) is 4.70. The highest BCUT2D eigenvalue weighted by Gasteiger charge is 2.41. The molecule has 0 aromatic carbocycles. The maximum absolute atomic E-state index is 11.9. The highest BCUT2D eigenvalue weighted by Crippen LogP contribution is 2.44. The average Bonchev–Trinajstić information content (AvgIpc) is 2.94. The molecule has 2 aliphatic rings. The van der Waals surface area contributed by atoms with E-state index >= 15 is 0 Å². The lowest BCUT2D eigenvalue weighted by Crippen LogP contribution is -2.51. The molecule has 23 heavy (non-hydrogen) atoms.